The Morgan fingerprint density at radius 1 is 0.877 bits per heavy atom. The van der Waals surface area contributed by atoms with E-state index >= 15 is 9.59 Å². The summed E-state index contributed by atoms with van der Waals surface area (Å²) in [6.07, 6.45) is 1.67. The van der Waals surface area contributed by atoms with E-state index in [2.05, 4.69) is 10.4 Å². The summed E-state index contributed by atoms with van der Waals surface area (Å²) in [7, 11) is 7.50. The molecular formula is C45H40Cl2IN7O10. The summed E-state index contributed by atoms with van der Waals surface area (Å²) in [6.45, 7) is -0.262. The van der Waals surface area contributed by atoms with Crippen LogP contribution >= 0.6 is 45.8 Å². The number of carbonyl (C=O) groups excluding carboxylic acids is 2. The maximum atomic E-state index is 15.6. The monoisotopic (exact) mass is 1040 g/mol. The fourth-order valence-corrected chi connectivity index (χ4v) is 10.8. The first-order valence-corrected chi connectivity index (χ1v) is 22.1. The second-order valence-electron chi connectivity index (χ2n) is 15.8. The molecule has 20 heteroatoms. The molecule has 4 heterocycles. The number of nitrogens with one attached hydrogen (secondary N) is 1. The van der Waals surface area contributed by atoms with E-state index in [9.17, 15) is 19.5 Å². The quantitative estimate of drug-likeness (QED) is 0.0934. The minimum Gasteiger partial charge on any atom is -0.504 e. The largest absolute Gasteiger partial charge is 0.504 e. The number of nitrogens with zero attached hydrogens (tertiary/aromatic N) is 6. The number of imide groups is 1. The Labute approximate surface area is 393 Å². The van der Waals surface area contributed by atoms with Crippen LogP contribution in [0.1, 0.15) is 35.2 Å². The minimum atomic E-state index is -1.67. The maximum Gasteiger partial charge on any atom is 0.347 e. The Kier molecular flexibility index (Phi) is 11.3. The van der Waals surface area contributed by atoms with Crippen molar-refractivity contribution >= 4 is 74.3 Å². The molecule has 4 aromatic carbocycles. The molecule has 2 N–H and O–H groups in total. The molecule has 2 fully saturated rings. The summed E-state index contributed by atoms with van der Waals surface area (Å²) in [5.41, 5.74) is 2.44. The number of fused-ring (bicyclic) bond motifs is 5. The van der Waals surface area contributed by atoms with Crippen molar-refractivity contribution in [3.8, 4) is 28.7 Å². The van der Waals surface area contributed by atoms with E-state index in [4.69, 9.17) is 42.1 Å². The fraction of sp³-hybridized carbons (Fsp3) is 0.289. The fourth-order valence-electron chi connectivity index (χ4n) is 9.73. The van der Waals surface area contributed by atoms with Crippen LogP contribution in [0.2, 0.25) is 10.0 Å². The number of anilines is 1. The van der Waals surface area contributed by atoms with Gasteiger partial charge in [-0.25, -0.2) is 28.5 Å². The number of phenolic OH excluding ortho intramolecular Hbond substituents is 1. The second-order valence-corrected chi connectivity index (χ2v) is 17.8. The number of ether oxygens (including phenoxy) is 4. The van der Waals surface area contributed by atoms with Gasteiger partial charge in [-0.15, -0.1) is 0 Å². The maximum absolute atomic E-state index is 15.6. The summed E-state index contributed by atoms with van der Waals surface area (Å²) >= 11 is 14.8. The van der Waals surface area contributed by atoms with Crippen LogP contribution in [0.3, 0.4) is 0 Å². The number of phenols is 1. The zero-order chi connectivity index (χ0) is 46.2. The Morgan fingerprint density at radius 3 is 2.26 bits per heavy atom. The Bertz CT molecular complexity index is 3200. The predicted octanol–water partition coefficient (Wildman–Crippen LogP) is 5.57. The molecule has 0 radical (unpaired) electrons. The van der Waals surface area contributed by atoms with Crippen molar-refractivity contribution in [1.82, 2.24) is 28.5 Å². The van der Waals surface area contributed by atoms with Gasteiger partial charge in [0, 0.05) is 43.1 Å². The standard InChI is InChI=1S/C45H40Cl2IN7O10/c1-51-34-21-36(64-4)35(63-3)20-32(34)49-31(41(51)58)13-14-52-43(60)53-15-12-26-33(55(53)44(52)61)19-27-40(57)54(50-30-11-8-24(46)18-28(30)47)42(59)45(27,23-6-9-25(62-2)10-7-23)38(26)22-16-29(48)39(56)37(17-22)65-5/h6-12,16-18,20-21,27,33,38,50,56H,13-15,19H2,1-5H3/t27-,33+,38-,45+/m0/s1. The number of hydrogen-bond acceptors (Lipinski definition) is 12. The molecule has 1 aliphatic carbocycles. The lowest BCUT2D eigenvalue weighted by Crippen LogP contribution is -2.53. The van der Waals surface area contributed by atoms with E-state index in [-0.39, 0.29) is 53.8 Å². The van der Waals surface area contributed by atoms with E-state index in [0.717, 1.165) is 9.58 Å². The molecule has 4 atom stereocenters. The van der Waals surface area contributed by atoms with Gasteiger partial charge in [0.1, 0.15) is 11.4 Å². The number of hydrogen-bond donors (Lipinski definition) is 2. The SMILES string of the molecule is COc1ccc([C@@]23C(=O)N(Nc4ccc(Cl)cc4Cl)C(=O)[C@@H]2C[C@@H]2C(=CCn4c(=O)n(CCc5nc6cc(OC)c(OC)cc6n(C)c5=O)c(=O)n42)[C@@H]3c2cc(I)c(O)c(OC)c2)cc1. The molecule has 1 saturated heterocycles. The summed E-state index contributed by atoms with van der Waals surface area (Å²) in [4.78, 5) is 78.1. The molecule has 2 aliphatic heterocycles. The van der Waals surface area contributed by atoms with Gasteiger partial charge in [0.25, 0.3) is 17.4 Å². The molecule has 336 valence electrons. The van der Waals surface area contributed by atoms with Gasteiger partial charge < -0.3 is 28.6 Å². The van der Waals surface area contributed by atoms with Gasteiger partial charge in [0.15, 0.2) is 23.0 Å². The highest BCUT2D eigenvalue weighted by atomic mass is 127. The highest BCUT2D eigenvalue weighted by Crippen LogP contribution is 2.62. The number of aromatic nitrogens is 5. The van der Waals surface area contributed by atoms with Crippen molar-refractivity contribution in [2.45, 2.75) is 43.3 Å². The lowest BCUT2D eigenvalue weighted by atomic mass is 9.53. The first-order chi connectivity index (χ1) is 31.2. The topological polar surface area (TPSA) is 190 Å². The van der Waals surface area contributed by atoms with Crippen LogP contribution in [0.25, 0.3) is 11.0 Å². The summed E-state index contributed by atoms with van der Waals surface area (Å²) in [5.74, 6) is -2.01. The van der Waals surface area contributed by atoms with Gasteiger partial charge in [-0.05, 0) is 88.2 Å². The number of rotatable bonds is 11. The zero-order valence-electron chi connectivity index (χ0n) is 35.4. The van der Waals surface area contributed by atoms with Crippen molar-refractivity contribution in [1.29, 1.82) is 0 Å². The average Bonchev–Trinajstić information content (AvgIpc) is 3.68. The van der Waals surface area contributed by atoms with Crippen LogP contribution < -0.4 is 41.3 Å². The molecule has 6 aromatic rings. The van der Waals surface area contributed by atoms with E-state index < -0.39 is 52.0 Å². The van der Waals surface area contributed by atoms with Crippen LogP contribution in [-0.2, 0) is 41.6 Å². The molecule has 65 heavy (non-hydrogen) atoms. The van der Waals surface area contributed by atoms with E-state index in [0.29, 0.717) is 53.6 Å². The molecule has 9 rings (SSSR count). The predicted molar refractivity (Wildman–Crippen MR) is 249 cm³/mol. The Morgan fingerprint density at radius 2 is 1.58 bits per heavy atom. The smallest absolute Gasteiger partial charge is 0.347 e. The van der Waals surface area contributed by atoms with Crippen molar-refractivity contribution in [2.24, 2.45) is 13.0 Å². The molecule has 0 bridgehead atoms. The lowest BCUT2D eigenvalue weighted by molar-refractivity contribution is -0.138. The third-order valence-corrected chi connectivity index (χ3v) is 14.1. The van der Waals surface area contributed by atoms with Crippen LogP contribution in [0, 0.1) is 9.49 Å². The average molecular weight is 1040 g/mol. The van der Waals surface area contributed by atoms with E-state index in [1.54, 1.807) is 67.7 Å². The normalized spacial score (nSPS) is 20.0. The van der Waals surface area contributed by atoms with Gasteiger partial charge >= 0.3 is 11.4 Å². The second kappa shape index (κ2) is 16.6. The molecule has 0 spiro atoms. The van der Waals surface area contributed by atoms with Crippen molar-refractivity contribution in [2.75, 3.05) is 33.9 Å². The van der Waals surface area contributed by atoms with Crippen LogP contribution in [0.15, 0.2) is 92.8 Å². The molecule has 0 unspecified atom stereocenters. The summed E-state index contributed by atoms with van der Waals surface area (Å²) in [5, 5.41) is 12.5. The Hall–Kier alpha value is -6.25. The number of aromatic hydroxyl groups is 1. The van der Waals surface area contributed by atoms with E-state index in [1.165, 1.54) is 48.4 Å². The first kappa shape index (κ1) is 44.0. The van der Waals surface area contributed by atoms with Gasteiger partial charge in [-0.3, -0.25) is 19.8 Å². The Balaban J connectivity index is 1.20. The highest BCUT2D eigenvalue weighted by molar-refractivity contribution is 14.1. The number of halogens is 3. The number of benzene rings is 4. The van der Waals surface area contributed by atoms with Crippen LogP contribution in [-0.4, -0.2) is 73.9 Å². The zero-order valence-corrected chi connectivity index (χ0v) is 39.1. The number of hydrazine groups is 1. The molecule has 3 aliphatic rings. The molecule has 1 saturated carbocycles. The van der Waals surface area contributed by atoms with Crippen LogP contribution in [0.5, 0.6) is 28.7 Å². The number of methoxy groups -OCH3 is 4. The lowest BCUT2D eigenvalue weighted by Gasteiger charge is -2.49. The van der Waals surface area contributed by atoms with Gasteiger partial charge in [0.05, 0.1) is 77.7 Å². The number of allylic oxidation sites excluding steroid dienone is 2. The molecule has 2 amide bonds. The first-order valence-electron chi connectivity index (χ1n) is 20.2. The number of carbonyl (C=O) groups is 2. The number of aryl methyl sites for hydroxylation is 2. The van der Waals surface area contributed by atoms with Gasteiger partial charge in [-0.1, -0.05) is 41.4 Å². The highest BCUT2D eigenvalue weighted by Gasteiger charge is 2.69. The third kappa shape index (κ3) is 6.78. The van der Waals surface area contributed by atoms with Crippen molar-refractivity contribution in [3.63, 3.8) is 0 Å². The van der Waals surface area contributed by atoms with Gasteiger partial charge in [-0.2, -0.15) is 5.01 Å². The van der Waals surface area contributed by atoms with Gasteiger partial charge in [0.2, 0.25) is 0 Å². The van der Waals surface area contributed by atoms with Crippen molar-refractivity contribution < 1.29 is 33.6 Å². The van der Waals surface area contributed by atoms with Crippen LogP contribution in [0.4, 0.5) is 5.69 Å². The molecular weight excluding hydrogens is 996 g/mol. The molecule has 2 aromatic heterocycles. The summed E-state index contributed by atoms with van der Waals surface area (Å²) < 4.78 is 27.5. The van der Waals surface area contributed by atoms with Crippen molar-refractivity contribution in [3.05, 3.63) is 140 Å². The minimum absolute atomic E-state index is 0.0683. The third-order valence-electron chi connectivity index (χ3n) is 12.7. The number of amides is 2. The molecule has 17 nitrogen and oxygen atoms in total. The van der Waals surface area contributed by atoms with E-state index in [1.807, 2.05) is 28.7 Å². The summed E-state index contributed by atoms with van der Waals surface area (Å²) in [6, 6.07) is 17.2.